The predicted molar refractivity (Wildman–Crippen MR) is 86.4 cm³/mol. The Morgan fingerprint density at radius 2 is 2.00 bits per heavy atom. The minimum absolute atomic E-state index is 0.0510. The van der Waals surface area contributed by atoms with Crippen LogP contribution in [0.25, 0.3) is 0 Å². The number of rotatable bonds is 5. The van der Waals surface area contributed by atoms with E-state index in [2.05, 4.69) is 12.1 Å². The zero-order valence-corrected chi connectivity index (χ0v) is 14.0. The first-order valence-electron chi connectivity index (χ1n) is 6.99. The van der Waals surface area contributed by atoms with E-state index in [1.54, 1.807) is 16.7 Å². The third-order valence-corrected chi connectivity index (χ3v) is 6.23. The van der Waals surface area contributed by atoms with Gasteiger partial charge in [0.25, 0.3) is 0 Å². The molecule has 2 rings (SSSR count). The monoisotopic (exact) mass is 327 g/mol. The minimum atomic E-state index is -3.04. The lowest BCUT2D eigenvalue weighted by atomic mass is 10.1. The van der Waals surface area contributed by atoms with Crippen LogP contribution in [0.1, 0.15) is 18.4 Å². The number of carbonyl (C=O) groups is 1. The molecule has 1 aliphatic heterocycles. The van der Waals surface area contributed by atoms with Gasteiger partial charge in [-0.1, -0.05) is 12.1 Å². The molecule has 1 aromatic carbocycles. The van der Waals surface area contributed by atoms with E-state index >= 15 is 0 Å². The molecule has 1 aromatic rings. The Balaban J connectivity index is 1.85. The van der Waals surface area contributed by atoms with E-state index in [1.165, 1.54) is 11.2 Å². The fourth-order valence-corrected chi connectivity index (χ4v) is 3.90. The Labute approximate surface area is 130 Å². The van der Waals surface area contributed by atoms with Gasteiger partial charge in [-0.2, -0.15) is 0 Å². The standard InChI is InChI=1S/C15H21NO3S2/c1-20-13-6-3-12(4-7-13)5-8-15(17)16-10-9-14(11-16)21(2,18)19/h3-4,6-7,14H,5,8-11H2,1-2H3. The van der Waals surface area contributed by atoms with Crippen LogP contribution < -0.4 is 0 Å². The van der Waals surface area contributed by atoms with Crippen LogP contribution in [0.4, 0.5) is 0 Å². The molecule has 1 atom stereocenters. The summed E-state index contributed by atoms with van der Waals surface area (Å²) in [5, 5.41) is -0.387. The lowest BCUT2D eigenvalue weighted by Gasteiger charge is -2.16. The van der Waals surface area contributed by atoms with Crippen molar-refractivity contribution in [1.29, 1.82) is 0 Å². The Kier molecular flexibility index (Phi) is 5.32. The van der Waals surface area contributed by atoms with E-state index in [0.29, 0.717) is 32.4 Å². The Morgan fingerprint density at radius 1 is 1.33 bits per heavy atom. The fourth-order valence-electron chi connectivity index (χ4n) is 2.51. The van der Waals surface area contributed by atoms with Crippen molar-refractivity contribution in [2.75, 3.05) is 25.6 Å². The summed E-state index contributed by atoms with van der Waals surface area (Å²) >= 11 is 1.69. The lowest BCUT2D eigenvalue weighted by molar-refractivity contribution is -0.130. The van der Waals surface area contributed by atoms with Gasteiger partial charge in [0.2, 0.25) is 5.91 Å². The van der Waals surface area contributed by atoms with Crippen LogP contribution in [-0.4, -0.2) is 50.1 Å². The van der Waals surface area contributed by atoms with Gasteiger partial charge < -0.3 is 4.90 Å². The lowest BCUT2D eigenvalue weighted by Crippen LogP contribution is -2.31. The number of likely N-dealkylation sites (tertiary alicyclic amines) is 1. The number of amides is 1. The van der Waals surface area contributed by atoms with Crippen molar-refractivity contribution in [2.45, 2.75) is 29.4 Å². The summed E-state index contributed by atoms with van der Waals surface area (Å²) in [6.45, 7) is 0.908. The van der Waals surface area contributed by atoms with E-state index in [4.69, 9.17) is 0 Å². The van der Waals surface area contributed by atoms with Crippen molar-refractivity contribution in [3.63, 3.8) is 0 Å². The summed E-state index contributed by atoms with van der Waals surface area (Å²) in [5.74, 6) is 0.0510. The van der Waals surface area contributed by atoms with Gasteiger partial charge in [-0.05, 0) is 36.8 Å². The van der Waals surface area contributed by atoms with Crippen LogP contribution in [0.15, 0.2) is 29.2 Å². The second kappa shape index (κ2) is 6.83. The molecule has 0 spiro atoms. The number of sulfone groups is 1. The topological polar surface area (TPSA) is 54.5 Å². The molecule has 1 aliphatic rings. The van der Waals surface area contributed by atoms with E-state index in [1.807, 2.05) is 18.4 Å². The zero-order valence-electron chi connectivity index (χ0n) is 12.4. The number of carbonyl (C=O) groups excluding carboxylic acids is 1. The average Bonchev–Trinajstić information content (AvgIpc) is 2.95. The van der Waals surface area contributed by atoms with Crippen LogP contribution in [0, 0.1) is 0 Å². The third-order valence-electron chi connectivity index (χ3n) is 3.89. The van der Waals surface area contributed by atoms with E-state index in [9.17, 15) is 13.2 Å². The number of benzene rings is 1. The molecule has 21 heavy (non-hydrogen) atoms. The Hall–Kier alpha value is -1.01. The molecular formula is C15H21NO3S2. The molecule has 0 bridgehead atoms. The molecule has 6 heteroatoms. The first-order valence-corrected chi connectivity index (χ1v) is 10.2. The third kappa shape index (κ3) is 4.48. The van der Waals surface area contributed by atoms with Gasteiger partial charge >= 0.3 is 0 Å². The summed E-state index contributed by atoms with van der Waals surface area (Å²) < 4.78 is 23.0. The number of hydrogen-bond acceptors (Lipinski definition) is 4. The molecule has 1 heterocycles. The van der Waals surface area contributed by atoms with Gasteiger partial charge in [-0.15, -0.1) is 11.8 Å². The first kappa shape index (κ1) is 16.4. The quantitative estimate of drug-likeness (QED) is 0.776. The molecule has 0 aromatic heterocycles. The number of hydrogen-bond donors (Lipinski definition) is 0. The molecule has 1 unspecified atom stereocenters. The van der Waals surface area contributed by atoms with Crippen molar-refractivity contribution in [1.82, 2.24) is 4.90 Å². The molecule has 4 nitrogen and oxygen atoms in total. The van der Waals surface area contributed by atoms with Crippen molar-refractivity contribution in [3.05, 3.63) is 29.8 Å². The summed E-state index contributed by atoms with van der Waals surface area (Å²) in [5.41, 5.74) is 1.14. The summed E-state index contributed by atoms with van der Waals surface area (Å²) in [6.07, 6.45) is 4.98. The largest absolute Gasteiger partial charge is 0.341 e. The van der Waals surface area contributed by atoms with E-state index in [0.717, 1.165) is 5.56 Å². The average molecular weight is 327 g/mol. The molecule has 1 saturated heterocycles. The first-order chi connectivity index (χ1) is 9.90. The van der Waals surface area contributed by atoms with Crippen molar-refractivity contribution in [2.24, 2.45) is 0 Å². The minimum Gasteiger partial charge on any atom is -0.341 e. The molecule has 0 saturated carbocycles. The summed E-state index contributed by atoms with van der Waals surface area (Å²) in [6, 6.07) is 8.20. The maximum absolute atomic E-state index is 12.1. The molecule has 1 amide bonds. The summed E-state index contributed by atoms with van der Waals surface area (Å²) in [7, 11) is -3.04. The number of aryl methyl sites for hydroxylation is 1. The van der Waals surface area contributed by atoms with Gasteiger partial charge in [-0.3, -0.25) is 4.79 Å². The van der Waals surface area contributed by atoms with Gasteiger partial charge in [0.15, 0.2) is 9.84 Å². The van der Waals surface area contributed by atoms with Crippen LogP contribution in [0.3, 0.4) is 0 Å². The SMILES string of the molecule is CSc1ccc(CCC(=O)N2CCC(S(C)(=O)=O)C2)cc1. The number of thioether (sulfide) groups is 1. The van der Waals surface area contributed by atoms with E-state index < -0.39 is 9.84 Å². The van der Waals surface area contributed by atoms with Crippen LogP contribution in [0.5, 0.6) is 0 Å². The zero-order chi connectivity index (χ0) is 15.5. The smallest absolute Gasteiger partial charge is 0.222 e. The highest BCUT2D eigenvalue weighted by Crippen LogP contribution is 2.19. The second-order valence-electron chi connectivity index (χ2n) is 5.43. The van der Waals surface area contributed by atoms with Crippen LogP contribution in [-0.2, 0) is 21.1 Å². The highest BCUT2D eigenvalue weighted by atomic mass is 32.2. The van der Waals surface area contributed by atoms with Crippen molar-refractivity contribution in [3.8, 4) is 0 Å². The molecule has 116 valence electrons. The van der Waals surface area contributed by atoms with Crippen molar-refractivity contribution >= 4 is 27.5 Å². The second-order valence-corrected chi connectivity index (χ2v) is 8.63. The van der Waals surface area contributed by atoms with E-state index in [-0.39, 0.29) is 11.2 Å². The molecule has 1 fully saturated rings. The Morgan fingerprint density at radius 3 is 2.52 bits per heavy atom. The van der Waals surface area contributed by atoms with Gasteiger partial charge in [0.1, 0.15) is 0 Å². The molecule has 0 N–H and O–H groups in total. The molecule has 0 aliphatic carbocycles. The highest BCUT2D eigenvalue weighted by Gasteiger charge is 2.32. The number of nitrogens with zero attached hydrogens (tertiary/aromatic N) is 1. The van der Waals surface area contributed by atoms with Gasteiger partial charge in [0, 0.05) is 30.7 Å². The van der Waals surface area contributed by atoms with Gasteiger partial charge in [-0.25, -0.2) is 8.42 Å². The fraction of sp³-hybridized carbons (Fsp3) is 0.533. The predicted octanol–water partition coefficient (Wildman–Crippen LogP) is 1.99. The molecule has 0 radical (unpaired) electrons. The van der Waals surface area contributed by atoms with Crippen molar-refractivity contribution < 1.29 is 13.2 Å². The molecular weight excluding hydrogens is 306 g/mol. The normalized spacial score (nSPS) is 19.0. The maximum Gasteiger partial charge on any atom is 0.222 e. The van der Waals surface area contributed by atoms with Crippen LogP contribution >= 0.6 is 11.8 Å². The maximum atomic E-state index is 12.1. The highest BCUT2D eigenvalue weighted by molar-refractivity contribution is 7.98. The van der Waals surface area contributed by atoms with Gasteiger partial charge in [0.05, 0.1) is 5.25 Å². The van der Waals surface area contributed by atoms with Crippen LogP contribution in [0.2, 0.25) is 0 Å². The Bertz CT molecular complexity index is 596. The summed E-state index contributed by atoms with van der Waals surface area (Å²) in [4.78, 5) is 15.0.